The summed E-state index contributed by atoms with van der Waals surface area (Å²) in [6, 6.07) is 1.70. The molecule has 0 aromatic carbocycles. The van der Waals surface area contributed by atoms with E-state index in [-0.39, 0.29) is 0 Å². The Morgan fingerprint density at radius 1 is 1.50 bits per heavy atom. The highest BCUT2D eigenvalue weighted by Gasteiger charge is 1.98. The molecule has 0 saturated carbocycles. The predicted molar refractivity (Wildman–Crippen MR) is 45.0 cm³/mol. The van der Waals surface area contributed by atoms with Crippen LogP contribution >= 0.6 is 31.9 Å². The predicted octanol–water partition coefficient (Wildman–Crippen LogP) is 2.42. The Hall–Kier alpha value is -0.220. The summed E-state index contributed by atoms with van der Waals surface area (Å²) < 4.78 is 1.38. The first-order chi connectivity index (χ1) is 4.74. The van der Waals surface area contributed by atoms with Crippen LogP contribution in [0.2, 0.25) is 0 Å². The van der Waals surface area contributed by atoms with Gasteiger partial charge in [-0.25, -0.2) is 4.98 Å². The Morgan fingerprint density at radius 2 is 2.20 bits per heavy atom. The van der Waals surface area contributed by atoms with Crippen molar-refractivity contribution in [3.05, 3.63) is 26.9 Å². The smallest absolute Gasteiger partial charge is 0.152 e. The monoisotopic (exact) mass is 263 g/mol. The summed E-state index contributed by atoms with van der Waals surface area (Å²) in [5.74, 6) is 0. The molecule has 0 fully saturated rings. The Labute approximate surface area is 74.9 Å². The van der Waals surface area contributed by atoms with Crippen molar-refractivity contribution in [3.8, 4) is 0 Å². The van der Waals surface area contributed by atoms with E-state index in [9.17, 15) is 4.79 Å². The number of rotatable bonds is 1. The number of aldehydes is 1. The third-order valence-corrected chi connectivity index (χ3v) is 2.06. The van der Waals surface area contributed by atoms with E-state index in [4.69, 9.17) is 0 Å². The normalized spacial score (nSPS) is 9.40. The first kappa shape index (κ1) is 7.88. The van der Waals surface area contributed by atoms with Gasteiger partial charge in [-0.2, -0.15) is 0 Å². The topological polar surface area (TPSA) is 30.0 Å². The van der Waals surface area contributed by atoms with Crippen LogP contribution in [-0.2, 0) is 0 Å². The minimum absolute atomic E-state index is 0.550. The van der Waals surface area contributed by atoms with Crippen molar-refractivity contribution in [1.82, 2.24) is 4.98 Å². The van der Waals surface area contributed by atoms with Crippen molar-refractivity contribution >= 4 is 38.1 Å². The van der Waals surface area contributed by atoms with Crippen LogP contribution in [0.15, 0.2) is 21.3 Å². The highest BCUT2D eigenvalue weighted by Crippen LogP contribution is 2.16. The van der Waals surface area contributed by atoms with E-state index in [1.165, 1.54) is 0 Å². The van der Waals surface area contributed by atoms with Gasteiger partial charge in [-0.15, -0.1) is 0 Å². The second-order valence-electron chi connectivity index (χ2n) is 1.65. The Morgan fingerprint density at radius 3 is 2.70 bits per heavy atom. The summed E-state index contributed by atoms with van der Waals surface area (Å²) in [5, 5.41) is 0. The van der Waals surface area contributed by atoms with E-state index < -0.39 is 0 Å². The largest absolute Gasteiger partial charge is 0.298 e. The first-order valence-corrected chi connectivity index (χ1v) is 4.09. The Kier molecular flexibility index (Phi) is 2.56. The van der Waals surface area contributed by atoms with Gasteiger partial charge in [-0.05, 0) is 37.9 Å². The average molecular weight is 265 g/mol. The average Bonchev–Trinajstić information content (AvgIpc) is 1.94. The van der Waals surface area contributed by atoms with Crippen LogP contribution in [0.3, 0.4) is 0 Å². The third kappa shape index (κ3) is 1.64. The number of hydrogen-bond acceptors (Lipinski definition) is 2. The van der Waals surface area contributed by atoms with Crippen LogP contribution in [-0.4, -0.2) is 11.3 Å². The first-order valence-electron chi connectivity index (χ1n) is 2.50. The molecule has 1 aromatic heterocycles. The van der Waals surface area contributed by atoms with E-state index in [1.807, 2.05) is 0 Å². The Bertz CT molecular complexity index is 262. The number of pyridine rings is 1. The van der Waals surface area contributed by atoms with Crippen molar-refractivity contribution in [2.75, 3.05) is 0 Å². The molecule has 0 N–H and O–H groups in total. The quantitative estimate of drug-likeness (QED) is 0.576. The van der Waals surface area contributed by atoms with Crippen LogP contribution in [0.1, 0.15) is 10.4 Å². The van der Waals surface area contributed by atoms with Crippen molar-refractivity contribution in [3.63, 3.8) is 0 Å². The minimum atomic E-state index is 0.550. The molecule has 0 radical (unpaired) electrons. The molecule has 0 saturated heterocycles. The molecule has 0 atom stereocenters. The molecule has 0 aliphatic rings. The SMILES string of the molecule is O=Cc1cc(Br)cnc1Br. The van der Waals surface area contributed by atoms with Crippen LogP contribution in [0.5, 0.6) is 0 Å². The van der Waals surface area contributed by atoms with Gasteiger partial charge in [0.25, 0.3) is 0 Å². The molecular weight excluding hydrogens is 262 g/mol. The van der Waals surface area contributed by atoms with Gasteiger partial charge in [0.1, 0.15) is 4.60 Å². The third-order valence-electron chi connectivity index (χ3n) is 0.960. The van der Waals surface area contributed by atoms with E-state index in [1.54, 1.807) is 12.3 Å². The summed E-state index contributed by atoms with van der Waals surface area (Å²) in [7, 11) is 0. The summed E-state index contributed by atoms with van der Waals surface area (Å²) in [6.07, 6.45) is 2.37. The Balaban J connectivity index is 3.21. The number of nitrogens with zero attached hydrogens (tertiary/aromatic N) is 1. The summed E-state index contributed by atoms with van der Waals surface area (Å²) >= 11 is 6.32. The molecule has 52 valence electrons. The van der Waals surface area contributed by atoms with Crippen molar-refractivity contribution < 1.29 is 4.79 Å². The maximum atomic E-state index is 10.3. The molecule has 0 spiro atoms. The highest BCUT2D eigenvalue weighted by molar-refractivity contribution is 9.11. The highest BCUT2D eigenvalue weighted by atomic mass is 79.9. The zero-order chi connectivity index (χ0) is 7.56. The second-order valence-corrected chi connectivity index (χ2v) is 3.32. The van der Waals surface area contributed by atoms with Gasteiger partial charge in [-0.1, -0.05) is 0 Å². The lowest BCUT2D eigenvalue weighted by atomic mass is 10.3. The number of halogens is 2. The van der Waals surface area contributed by atoms with Gasteiger partial charge in [0.05, 0.1) is 0 Å². The summed E-state index contributed by atoms with van der Waals surface area (Å²) in [5.41, 5.74) is 0.550. The van der Waals surface area contributed by atoms with Gasteiger partial charge < -0.3 is 0 Å². The summed E-state index contributed by atoms with van der Waals surface area (Å²) in [6.45, 7) is 0. The molecule has 1 aromatic rings. The lowest BCUT2D eigenvalue weighted by Crippen LogP contribution is -1.84. The molecule has 1 rings (SSSR count). The van der Waals surface area contributed by atoms with Crippen LogP contribution in [0.25, 0.3) is 0 Å². The molecule has 0 aliphatic carbocycles. The van der Waals surface area contributed by atoms with Gasteiger partial charge in [0.2, 0.25) is 0 Å². The standard InChI is InChI=1S/C6H3Br2NO/c7-5-1-4(3-10)6(8)9-2-5/h1-3H. The van der Waals surface area contributed by atoms with Crippen molar-refractivity contribution in [1.29, 1.82) is 0 Å². The van der Waals surface area contributed by atoms with E-state index >= 15 is 0 Å². The van der Waals surface area contributed by atoms with Gasteiger partial charge in [-0.3, -0.25) is 4.79 Å². The van der Waals surface area contributed by atoms with Crippen LogP contribution in [0.4, 0.5) is 0 Å². The van der Waals surface area contributed by atoms with E-state index in [2.05, 4.69) is 36.8 Å². The maximum Gasteiger partial charge on any atom is 0.152 e. The van der Waals surface area contributed by atoms with Gasteiger partial charge in [0, 0.05) is 16.2 Å². The zero-order valence-electron chi connectivity index (χ0n) is 4.84. The number of aromatic nitrogens is 1. The fourth-order valence-corrected chi connectivity index (χ4v) is 1.18. The molecule has 2 nitrogen and oxygen atoms in total. The molecule has 0 aliphatic heterocycles. The van der Waals surface area contributed by atoms with Crippen molar-refractivity contribution in [2.24, 2.45) is 0 Å². The molecule has 4 heteroatoms. The second kappa shape index (κ2) is 3.25. The van der Waals surface area contributed by atoms with Crippen molar-refractivity contribution in [2.45, 2.75) is 0 Å². The zero-order valence-corrected chi connectivity index (χ0v) is 8.02. The molecular formula is C6H3Br2NO. The van der Waals surface area contributed by atoms with Gasteiger partial charge >= 0.3 is 0 Å². The van der Waals surface area contributed by atoms with E-state index in [0.717, 1.165) is 10.8 Å². The fraction of sp³-hybridized carbons (Fsp3) is 0. The van der Waals surface area contributed by atoms with E-state index in [0.29, 0.717) is 10.2 Å². The molecule has 0 amide bonds. The fourth-order valence-electron chi connectivity index (χ4n) is 0.521. The number of hydrogen-bond donors (Lipinski definition) is 0. The molecule has 0 bridgehead atoms. The van der Waals surface area contributed by atoms with Gasteiger partial charge in [0.15, 0.2) is 6.29 Å². The number of carbonyl (C=O) groups is 1. The molecule has 1 heterocycles. The lowest BCUT2D eigenvalue weighted by molar-refractivity contribution is 0.112. The maximum absolute atomic E-state index is 10.3. The minimum Gasteiger partial charge on any atom is -0.298 e. The molecule has 10 heavy (non-hydrogen) atoms. The number of carbonyl (C=O) groups excluding carboxylic acids is 1. The van der Waals surface area contributed by atoms with Crippen LogP contribution < -0.4 is 0 Å². The summed E-state index contributed by atoms with van der Waals surface area (Å²) in [4.78, 5) is 14.2. The lowest BCUT2D eigenvalue weighted by Gasteiger charge is -1.93. The molecule has 0 unspecified atom stereocenters. The van der Waals surface area contributed by atoms with Crippen LogP contribution in [0, 0.1) is 0 Å².